The molecule has 1 aromatic rings. The number of fused-ring (bicyclic) bond motifs is 1. The molecule has 74 valence electrons. The molecule has 1 aromatic heterocycles. The minimum absolute atomic E-state index is 0.0371. The number of hydrogen-bond acceptors (Lipinski definition) is 2. The molecule has 2 heterocycles. The van der Waals surface area contributed by atoms with Gasteiger partial charge in [0.1, 0.15) is 11.5 Å². The number of carbonyl (C=O) groups is 1. The SMILES string of the molecule is O=C(CBr)c1cnc2n1CC(Cl)=CC2. The monoisotopic (exact) mass is 274 g/mol. The summed E-state index contributed by atoms with van der Waals surface area (Å²) in [6.07, 6.45) is 4.24. The van der Waals surface area contributed by atoms with Gasteiger partial charge in [-0.25, -0.2) is 4.98 Å². The molecule has 1 aliphatic rings. The first-order valence-corrected chi connectivity index (χ1v) is 5.70. The lowest BCUT2D eigenvalue weighted by molar-refractivity contribution is 0.101. The van der Waals surface area contributed by atoms with E-state index in [4.69, 9.17) is 11.6 Å². The Morgan fingerprint density at radius 3 is 3.21 bits per heavy atom. The van der Waals surface area contributed by atoms with Crippen molar-refractivity contribution in [1.82, 2.24) is 9.55 Å². The summed E-state index contributed by atoms with van der Waals surface area (Å²) < 4.78 is 1.87. The zero-order chi connectivity index (χ0) is 10.1. The summed E-state index contributed by atoms with van der Waals surface area (Å²) in [7, 11) is 0. The fraction of sp³-hybridized carbons (Fsp3) is 0.333. The largest absolute Gasteiger partial charge is 0.320 e. The third kappa shape index (κ3) is 1.64. The number of ketones is 1. The Bertz CT molecular complexity index is 411. The molecule has 0 spiro atoms. The molecule has 0 radical (unpaired) electrons. The van der Waals surface area contributed by atoms with Crippen LogP contribution in [0.25, 0.3) is 0 Å². The number of imidazole rings is 1. The van der Waals surface area contributed by atoms with Crippen molar-refractivity contribution in [3.63, 3.8) is 0 Å². The second-order valence-corrected chi connectivity index (χ2v) is 4.10. The number of carbonyl (C=O) groups excluding carboxylic acids is 1. The first kappa shape index (κ1) is 9.93. The number of Topliss-reactive ketones (excluding diaryl/α,β-unsaturated/α-hetero) is 1. The van der Waals surface area contributed by atoms with Crippen molar-refractivity contribution in [1.29, 1.82) is 0 Å². The smallest absolute Gasteiger partial charge is 0.191 e. The third-order valence-electron chi connectivity index (χ3n) is 2.16. The van der Waals surface area contributed by atoms with Crippen LogP contribution in [-0.2, 0) is 13.0 Å². The van der Waals surface area contributed by atoms with Gasteiger partial charge < -0.3 is 4.57 Å². The molecule has 2 rings (SSSR count). The lowest BCUT2D eigenvalue weighted by Crippen LogP contribution is -2.15. The van der Waals surface area contributed by atoms with Crippen molar-refractivity contribution in [2.75, 3.05) is 5.33 Å². The number of allylic oxidation sites excluding steroid dienone is 2. The van der Waals surface area contributed by atoms with E-state index in [2.05, 4.69) is 20.9 Å². The number of aromatic nitrogens is 2. The second kappa shape index (κ2) is 3.87. The summed E-state index contributed by atoms with van der Waals surface area (Å²) in [4.78, 5) is 15.7. The van der Waals surface area contributed by atoms with Gasteiger partial charge in [-0.1, -0.05) is 33.6 Å². The fourth-order valence-electron chi connectivity index (χ4n) is 1.46. The highest BCUT2D eigenvalue weighted by Gasteiger charge is 2.18. The molecule has 0 fully saturated rings. The van der Waals surface area contributed by atoms with Gasteiger partial charge in [0, 0.05) is 11.5 Å². The summed E-state index contributed by atoms with van der Waals surface area (Å²) in [5.41, 5.74) is 0.628. The van der Waals surface area contributed by atoms with E-state index in [9.17, 15) is 4.79 Å². The Kier molecular flexibility index (Phi) is 2.74. The van der Waals surface area contributed by atoms with Crippen LogP contribution >= 0.6 is 27.5 Å². The lowest BCUT2D eigenvalue weighted by Gasteiger charge is -2.13. The topological polar surface area (TPSA) is 34.9 Å². The summed E-state index contributed by atoms with van der Waals surface area (Å²) in [5, 5.41) is 1.08. The molecular formula is C9H8BrClN2O. The molecule has 5 heteroatoms. The van der Waals surface area contributed by atoms with Crippen molar-refractivity contribution < 1.29 is 4.79 Å². The Morgan fingerprint density at radius 1 is 1.71 bits per heavy atom. The average Bonchev–Trinajstić information content (AvgIpc) is 2.59. The van der Waals surface area contributed by atoms with Gasteiger partial charge in [-0.2, -0.15) is 0 Å². The highest BCUT2D eigenvalue weighted by atomic mass is 79.9. The van der Waals surface area contributed by atoms with Gasteiger partial charge in [-0.15, -0.1) is 0 Å². The highest BCUT2D eigenvalue weighted by Crippen LogP contribution is 2.19. The summed E-state index contributed by atoms with van der Waals surface area (Å²) in [6.45, 7) is 0.560. The predicted molar refractivity (Wildman–Crippen MR) is 58.0 cm³/mol. The van der Waals surface area contributed by atoms with Gasteiger partial charge in [0.05, 0.1) is 18.1 Å². The number of nitrogens with zero attached hydrogens (tertiary/aromatic N) is 2. The third-order valence-corrected chi connectivity index (χ3v) is 2.94. The van der Waals surface area contributed by atoms with Gasteiger partial charge in [-0.3, -0.25) is 4.79 Å². The molecule has 0 bridgehead atoms. The lowest BCUT2D eigenvalue weighted by atomic mass is 10.2. The predicted octanol–water partition coefficient (Wildman–Crippen LogP) is 2.14. The standard InChI is InChI=1S/C9H8BrClN2O/c10-3-8(14)7-4-12-9-2-1-6(11)5-13(7)9/h1,4H,2-3,5H2. The molecule has 0 saturated carbocycles. The van der Waals surface area contributed by atoms with E-state index >= 15 is 0 Å². The van der Waals surface area contributed by atoms with Crippen LogP contribution in [0.5, 0.6) is 0 Å². The minimum atomic E-state index is 0.0371. The van der Waals surface area contributed by atoms with Crippen LogP contribution < -0.4 is 0 Å². The Hall–Kier alpha value is -0.610. The van der Waals surface area contributed by atoms with Crippen molar-refractivity contribution in [2.24, 2.45) is 0 Å². The number of halogens is 2. The van der Waals surface area contributed by atoms with Gasteiger partial charge >= 0.3 is 0 Å². The number of rotatable bonds is 2. The second-order valence-electron chi connectivity index (χ2n) is 3.06. The van der Waals surface area contributed by atoms with Gasteiger partial charge in [0.25, 0.3) is 0 Å². The molecular weight excluding hydrogens is 267 g/mol. The minimum Gasteiger partial charge on any atom is -0.320 e. The molecule has 0 amide bonds. The van der Waals surface area contributed by atoms with E-state index in [1.807, 2.05) is 10.6 Å². The maximum atomic E-state index is 11.5. The molecule has 0 atom stereocenters. The maximum Gasteiger partial charge on any atom is 0.191 e. The van der Waals surface area contributed by atoms with E-state index in [-0.39, 0.29) is 5.78 Å². The molecule has 1 aliphatic heterocycles. The average molecular weight is 276 g/mol. The Balaban J connectivity index is 2.39. The quantitative estimate of drug-likeness (QED) is 0.612. The number of alkyl halides is 1. The van der Waals surface area contributed by atoms with E-state index in [0.717, 1.165) is 10.9 Å². The van der Waals surface area contributed by atoms with Crippen molar-refractivity contribution in [3.05, 3.63) is 28.8 Å². The van der Waals surface area contributed by atoms with Crippen LogP contribution in [0.3, 0.4) is 0 Å². The highest BCUT2D eigenvalue weighted by molar-refractivity contribution is 9.09. The molecule has 0 saturated heterocycles. The van der Waals surface area contributed by atoms with E-state index < -0.39 is 0 Å². The van der Waals surface area contributed by atoms with Gasteiger partial charge in [0.15, 0.2) is 5.78 Å². The number of hydrogen-bond donors (Lipinski definition) is 0. The van der Waals surface area contributed by atoms with Crippen molar-refractivity contribution in [3.8, 4) is 0 Å². The molecule has 0 unspecified atom stereocenters. The normalized spacial score (nSPS) is 14.9. The zero-order valence-corrected chi connectivity index (χ0v) is 9.68. The van der Waals surface area contributed by atoms with Crippen molar-refractivity contribution >= 4 is 33.3 Å². The zero-order valence-electron chi connectivity index (χ0n) is 7.33. The molecule has 0 aliphatic carbocycles. The summed E-state index contributed by atoms with van der Waals surface area (Å²) in [5.74, 6) is 0.939. The van der Waals surface area contributed by atoms with E-state index in [1.54, 1.807) is 6.20 Å². The van der Waals surface area contributed by atoms with Crippen LogP contribution in [0.2, 0.25) is 0 Å². The maximum absolute atomic E-state index is 11.5. The van der Waals surface area contributed by atoms with Crippen molar-refractivity contribution in [2.45, 2.75) is 13.0 Å². The van der Waals surface area contributed by atoms with Crippen LogP contribution in [0.1, 0.15) is 16.3 Å². The Labute approximate surface area is 94.9 Å². The van der Waals surface area contributed by atoms with E-state index in [1.165, 1.54) is 0 Å². The van der Waals surface area contributed by atoms with Gasteiger partial charge in [-0.05, 0) is 0 Å². The Morgan fingerprint density at radius 2 is 2.50 bits per heavy atom. The van der Waals surface area contributed by atoms with Crippen LogP contribution in [0, 0.1) is 0 Å². The molecule has 0 N–H and O–H groups in total. The first-order valence-electron chi connectivity index (χ1n) is 4.20. The van der Waals surface area contributed by atoms with Crippen LogP contribution in [0.15, 0.2) is 17.3 Å². The summed E-state index contributed by atoms with van der Waals surface area (Å²) in [6, 6.07) is 0. The van der Waals surface area contributed by atoms with Crippen LogP contribution in [0.4, 0.5) is 0 Å². The first-order chi connectivity index (χ1) is 6.72. The summed E-state index contributed by atoms with van der Waals surface area (Å²) >= 11 is 9.05. The van der Waals surface area contributed by atoms with Gasteiger partial charge in [0.2, 0.25) is 0 Å². The molecule has 3 nitrogen and oxygen atoms in total. The van der Waals surface area contributed by atoms with E-state index in [0.29, 0.717) is 24.0 Å². The van der Waals surface area contributed by atoms with Crippen LogP contribution in [-0.4, -0.2) is 20.7 Å². The molecule has 14 heavy (non-hydrogen) atoms. The fourth-order valence-corrected chi connectivity index (χ4v) is 1.95. The molecule has 0 aromatic carbocycles.